The Morgan fingerprint density at radius 3 is 2.52 bits per heavy atom. The molecule has 0 aromatic carbocycles. The zero-order valence-electron chi connectivity index (χ0n) is 16.0. The number of piperazine rings is 1. The molecule has 7 nitrogen and oxygen atoms in total. The molecule has 27 heavy (non-hydrogen) atoms. The molecule has 2 N–H and O–H groups in total. The van der Waals surface area contributed by atoms with E-state index in [9.17, 15) is 9.90 Å². The normalized spacial score (nSPS) is 20.1. The van der Waals surface area contributed by atoms with Crippen molar-refractivity contribution in [2.75, 3.05) is 39.8 Å². The van der Waals surface area contributed by atoms with Gasteiger partial charge in [-0.25, -0.2) is 0 Å². The largest absolute Gasteiger partial charge is 0.459 e. The van der Waals surface area contributed by atoms with E-state index in [1.807, 2.05) is 0 Å². The molecule has 1 unspecified atom stereocenters. The maximum Gasteiger partial charge on any atom is 0.289 e. The maximum absolute atomic E-state index is 12.3. The van der Waals surface area contributed by atoms with Gasteiger partial charge in [-0.05, 0) is 30.9 Å². The number of hydrogen-bond donors (Lipinski definition) is 2. The fraction of sp³-hybridized carbons (Fsp3) is 0.684. The molecular weight excluding hydrogens is 459 g/mol. The van der Waals surface area contributed by atoms with E-state index < -0.39 is 0 Å². The Labute approximate surface area is 178 Å². The fourth-order valence-electron chi connectivity index (χ4n) is 3.89. The number of carbonyl (C=O) groups excluding carboxylic acids is 1. The predicted octanol–water partition coefficient (Wildman–Crippen LogP) is 2.17. The number of aliphatic hydroxyl groups excluding tert-OH is 1. The van der Waals surface area contributed by atoms with Gasteiger partial charge in [0.1, 0.15) is 0 Å². The second kappa shape index (κ2) is 10.9. The summed E-state index contributed by atoms with van der Waals surface area (Å²) in [6.45, 7) is 3.22. The highest BCUT2D eigenvalue weighted by atomic mass is 127. The van der Waals surface area contributed by atoms with Crippen LogP contribution in [0, 0.1) is 5.92 Å². The molecule has 0 radical (unpaired) electrons. The summed E-state index contributed by atoms with van der Waals surface area (Å²) >= 11 is 0. The van der Waals surface area contributed by atoms with E-state index in [1.165, 1.54) is 25.5 Å². The van der Waals surface area contributed by atoms with Gasteiger partial charge >= 0.3 is 0 Å². The third-order valence-corrected chi connectivity index (χ3v) is 5.47. The lowest BCUT2D eigenvalue weighted by Gasteiger charge is -2.36. The van der Waals surface area contributed by atoms with Gasteiger partial charge in [0.25, 0.3) is 5.91 Å². The lowest BCUT2D eigenvalue weighted by Crippen LogP contribution is -2.54. The zero-order valence-corrected chi connectivity index (χ0v) is 18.3. The molecule has 1 saturated carbocycles. The Hall–Kier alpha value is -1.29. The Bertz CT molecular complexity index is 594. The molecule has 0 spiro atoms. The molecule has 1 amide bonds. The van der Waals surface area contributed by atoms with E-state index in [-0.39, 0.29) is 36.0 Å². The van der Waals surface area contributed by atoms with Crippen molar-refractivity contribution >= 4 is 35.8 Å². The Kier molecular flexibility index (Phi) is 8.88. The summed E-state index contributed by atoms with van der Waals surface area (Å²) in [7, 11) is 1.76. The van der Waals surface area contributed by atoms with Crippen LogP contribution in [0.4, 0.5) is 0 Å². The quantitative estimate of drug-likeness (QED) is 0.384. The lowest BCUT2D eigenvalue weighted by atomic mass is 9.85. The third-order valence-electron chi connectivity index (χ3n) is 5.47. The van der Waals surface area contributed by atoms with E-state index in [2.05, 4.69) is 15.2 Å². The summed E-state index contributed by atoms with van der Waals surface area (Å²) in [5.74, 6) is 1.52. The van der Waals surface area contributed by atoms with Crippen molar-refractivity contribution in [2.24, 2.45) is 10.9 Å². The second-order valence-corrected chi connectivity index (χ2v) is 7.15. The molecular formula is C19H31IN4O3. The van der Waals surface area contributed by atoms with Crippen molar-refractivity contribution in [3.63, 3.8) is 0 Å². The fourth-order valence-corrected chi connectivity index (χ4v) is 3.89. The van der Waals surface area contributed by atoms with Gasteiger partial charge in [0.05, 0.1) is 12.4 Å². The number of nitrogens with zero attached hydrogens (tertiary/aromatic N) is 3. The van der Waals surface area contributed by atoms with Crippen LogP contribution in [0.2, 0.25) is 0 Å². The van der Waals surface area contributed by atoms with Crippen LogP contribution in [0.1, 0.15) is 42.7 Å². The van der Waals surface area contributed by atoms with Crippen LogP contribution in [-0.4, -0.2) is 72.6 Å². The van der Waals surface area contributed by atoms with Crippen molar-refractivity contribution in [2.45, 2.75) is 38.2 Å². The van der Waals surface area contributed by atoms with Gasteiger partial charge in [-0.1, -0.05) is 19.3 Å². The molecule has 1 saturated heterocycles. The van der Waals surface area contributed by atoms with Crippen LogP contribution in [0.25, 0.3) is 0 Å². The van der Waals surface area contributed by atoms with E-state index in [0.717, 1.165) is 18.8 Å². The first-order chi connectivity index (χ1) is 12.7. The van der Waals surface area contributed by atoms with Crippen LogP contribution in [0.5, 0.6) is 0 Å². The highest BCUT2D eigenvalue weighted by Crippen LogP contribution is 2.26. The average molecular weight is 490 g/mol. The lowest BCUT2D eigenvalue weighted by molar-refractivity contribution is 0.0654. The second-order valence-electron chi connectivity index (χ2n) is 7.15. The monoisotopic (exact) mass is 490 g/mol. The van der Waals surface area contributed by atoms with Gasteiger partial charge in [-0.15, -0.1) is 24.0 Å². The molecule has 1 atom stereocenters. The molecule has 1 aromatic rings. The molecule has 2 heterocycles. The van der Waals surface area contributed by atoms with Crippen molar-refractivity contribution in [1.29, 1.82) is 0 Å². The molecule has 8 heteroatoms. The Morgan fingerprint density at radius 2 is 1.93 bits per heavy atom. The number of guanidine groups is 1. The third kappa shape index (κ3) is 5.84. The first kappa shape index (κ1) is 22.0. The molecule has 1 aromatic heterocycles. The van der Waals surface area contributed by atoms with Crippen molar-refractivity contribution in [3.8, 4) is 0 Å². The van der Waals surface area contributed by atoms with Crippen LogP contribution < -0.4 is 5.32 Å². The first-order valence-corrected chi connectivity index (χ1v) is 9.65. The number of halogens is 1. The number of furan rings is 1. The molecule has 3 rings (SSSR count). The minimum absolute atomic E-state index is 0. The van der Waals surface area contributed by atoms with E-state index in [0.29, 0.717) is 44.4 Å². The van der Waals surface area contributed by atoms with Gasteiger partial charge in [0.2, 0.25) is 0 Å². The first-order valence-electron chi connectivity index (χ1n) is 9.65. The SMILES string of the molecule is CN=C(NCC(O)C1CCCCC1)N1CCN(C(=O)c2ccco2)CC1.I. The average Bonchev–Trinajstić information content (AvgIpc) is 3.24. The Balaban J connectivity index is 0.00000261. The van der Waals surface area contributed by atoms with Crippen molar-refractivity contribution in [1.82, 2.24) is 15.1 Å². The summed E-state index contributed by atoms with van der Waals surface area (Å²) in [6, 6.07) is 3.43. The zero-order chi connectivity index (χ0) is 18.4. The summed E-state index contributed by atoms with van der Waals surface area (Å²) in [5.41, 5.74) is 0. The van der Waals surface area contributed by atoms with Crippen LogP contribution >= 0.6 is 24.0 Å². The van der Waals surface area contributed by atoms with Crippen LogP contribution in [0.15, 0.2) is 27.8 Å². The van der Waals surface area contributed by atoms with Gasteiger partial charge in [-0.2, -0.15) is 0 Å². The standard InChI is InChI=1S/C19H30N4O3.HI/c1-20-19(21-14-16(24)15-6-3-2-4-7-15)23-11-9-22(10-12-23)18(25)17-8-5-13-26-17;/h5,8,13,15-16,24H,2-4,6-7,9-12,14H2,1H3,(H,20,21);1H. The highest BCUT2D eigenvalue weighted by Gasteiger charge is 2.26. The van der Waals surface area contributed by atoms with Gasteiger partial charge in [-0.3, -0.25) is 9.79 Å². The molecule has 152 valence electrons. The van der Waals surface area contributed by atoms with E-state index >= 15 is 0 Å². The van der Waals surface area contributed by atoms with Gasteiger partial charge in [0.15, 0.2) is 11.7 Å². The molecule has 2 aliphatic rings. The smallest absolute Gasteiger partial charge is 0.289 e. The van der Waals surface area contributed by atoms with Gasteiger partial charge < -0.3 is 24.6 Å². The summed E-state index contributed by atoms with van der Waals surface area (Å²) < 4.78 is 5.20. The van der Waals surface area contributed by atoms with Crippen molar-refractivity contribution in [3.05, 3.63) is 24.2 Å². The summed E-state index contributed by atoms with van der Waals surface area (Å²) in [4.78, 5) is 20.6. The summed E-state index contributed by atoms with van der Waals surface area (Å²) in [5, 5.41) is 13.7. The topological polar surface area (TPSA) is 81.3 Å². The molecule has 0 bridgehead atoms. The molecule has 1 aliphatic heterocycles. The number of aliphatic hydroxyl groups is 1. The number of hydrogen-bond acceptors (Lipinski definition) is 4. The molecule has 1 aliphatic carbocycles. The van der Waals surface area contributed by atoms with Crippen molar-refractivity contribution < 1.29 is 14.3 Å². The van der Waals surface area contributed by atoms with Crippen LogP contribution in [-0.2, 0) is 0 Å². The highest BCUT2D eigenvalue weighted by molar-refractivity contribution is 14.0. The van der Waals surface area contributed by atoms with E-state index in [1.54, 1.807) is 24.1 Å². The predicted molar refractivity (Wildman–Crippen MR) is 116 cm³/mol. The maximum atomic E-state index is 12.3. The minimum atomic E-state index is -0.325. The minimum Gasteiger partial charge on any atom is -0.459 e. The summed E-state index contributed by atoms with van der Waals surface area (Å²) in [6.07, 6.45) is 7.18. The number of aliphatic imine (C=N–C) groups is 1. The van der Waals surface area contributed by atoms with Crippen LogP contribution in [0.3, 0.4) is 0 Å². The number of amides is 1. The Morgan fingerprint density at radius 1 is 1.26 bits per heavy atom. The number of rotatable bonds is 4. The molecule has 2 fully saturated rings. The van der Waals surface area contributed by atoms with Gasteiger partial charge in [0, 0.05) is 39.8 Å². The number of nitrogens with one attached hydrogen (secondary N) is 1. The van der Waals surface area contributed by atoms with E-state index in [4.69, 9.17) is 4.42 Å². The number of carbonyl (C=O) groups is 1.